The number of rotatable bonds is 2. The third-order valence-corrected chi connectivity index (χ3v) is 1.66. The highest BCUT2D eigenvalue weighted by atomic mass is 19.3. The molecule has 0 aliphatic carbocycles. The SMILES string of the molecule is FC(F)Oc1cccc2[nH]ncc12. The number of ether oxygens (including phenoxy) is 1. The zero-order chi connectivity index (χ0) is 9.26. The second-order valence-electron chi connectivity index (χ2n) is 2.47. The highest BCUT2D eigenvalue weighted by molar-refractivity contribution is 5.84. The average Bonchev–Trinajstić information content (AvgIpc) is 2.51. The van der Waals surface area contributed by atoms with Crippen molar-refractivity contribution < 1.29 is 13.5 Å². The monoisotopic (exact) mass is 184 g/mol. The quantitative estimate of drug-likeness (QED) is 0.776. The van der Waals surface area contributed by atoms with Crippen LogP contribution in [0.3, 0.4) is 0 Å². The predicted molar refractivity (Wildman–Crippen MR) is 42.7 cm³/mol. The summed E-state index contributed by atoms with van der Waals surface area (Å²) < 4.78 is 28.1. The van der Waals surface area contributed by atoms with Gasteiger partial charge in [-0.1, -0.05) is 6.07 Å². The molecule has 2 aromatic rings. The van der Waals surface area contributed by atoms with E-state index in [4.69, 9.17) is 0 Å². The number of aromatic nitrogens is 2. The lowest BCUT2D eigenvalue weighted by atomic mass is 10.2. The van der Waals surface area contributed by atoms with Gasteiger partial charge in [-0.05, 0) is 12.1 Å². The molecule has 0 radical (unpaired) electrons. The zero-order valence-corrected chi connectivity index (χ0v) is 6.50. The lowest BCUT2D eigenvalue weighted by Gasteiger charge is -2.03. The normalized spacial score (nSPS) is 11.0. The fourth-order valence-corrected chi connectivity index (χ4v) is 1.14. The number of alkyl halides is 2. The van der Waals surface area contributed by atoms with Gasteiger partial charge >= 0.3 is 6.61 Å². The van der Waals surface area contributed by atoms with Crippen molar-refractivity contribution in [3.05, 3.63) is 24.4 Å². The zero-order valence-electron chi connectivity index (χ0n) is 6.50. The summed E-state index contributed by atoms with van der Waals surface area (Å²) in [5.74, 6) is 0.140. The summed E-state index contributed by atoms with van der Waals surface area (Å²) in [6.07, 6.45) is 1.45. The molecule has 2 rings (SSSR count). The summed E-state index contributed by atoms with van der Waals surface area (Å²) in [4.78, 5) is 0. The fraction of sp³-hybridized carbons (Fsp3) is 0.125. The number of benzene rings is 1. The van der Waals surface area contributed by atoms with Crippen molar-refractivity contribution in [2.45, 2.75) is 6.61 Å². The minimum absolute atomic E-state index is 0.140. The average molecular weight is 184 g/mol. The van der Waals surface area contributed by atoms with Gasteiger partial charge in [-0.2, -0.15) is 13.9 Å². The summed E-state index contributed by atoms with van der Waals surface area (Å²) >= 11 is 0. The molecule has 1 heterocycles. The van der Waals surface area contributed by atoms with Crippen molar-refractivity contribution in [1.29, 1.82) is 0 Å². The van der Waals surface area contributed by atoms with Gasteiger partial charge in [0, 0.05) is 0 Å². The van der Waals surface area contributed by atoms with Gasteiger partial charge in [0.05, 0.1) is 17.1 Å². The first-order valence-electron chi connectivity index (χ1n) is 3.64. The molecule has 68 valence electrons. The van der Waals surface area contributed by atoms with Gasteiger partial charge in [0.1, 0.15) is 5.75 Å². The second kappa shape index (κ2) is 3.01. The van der Waals surface area contributed by atoms with Crippen molar-refractivity contribution >= 4 is 10.9 Å². The molecule has 0 aliphatic heterocycles. The third-order valence-electron chi connectivity index (χ3n) is 1.66. The molecule has 0 spiro atoms. The summed E-state index contributed by atoms with van der Waals surface area (Å²) in [6.45, 7) is -2.81. The van der Waals surface area contributed by atoms with E-state index in [2.05, 4.69) is 14.9 Å². The number of H-pyrrole nitrogens is 1. The van der Waals surface area contributed by atoms with Crippen molar-refractivity contribution in [3.8, 4) is 5.75 Å². The Morgan fingerprint density at radius 3 is 3.00 bits per heavy atom. The third kappa shape index (κ3) is 1.44. The Balaban J connectivity index is 2.48. The van der Waals surface area contributed by atoms with E-state index in [1.54, 1.807) is 12.1 Å². The predicted octanol–water partition coefficient (Wildman–Crippen LogP) is 2.16. The first-order valence-corrected chi connectivity index (χ1v) is 3.64. The van der Waals surface area contributed by atoms with Crippen molar-refractivity contribution in [2.75, 3.05) is 0 Å². The molecule has 0 atom stereocenters. The maximum atomic E-state index is 11.9. The first-order chi connectivity index (χ1) is 6.27. The van der Waals surface area contributed by atoms with Gasteiger partial charge in [0.25, 0.3) is 0 Å². The van der Waals surface area contributed by atoms with Gasteiger partial charge in [0.2, 0.25) is 0 Å². The molecule has 13 heavy (non-hydrogen) atoms. The van der Waals surface area contributed by atoms with E-state index in [-0.39, 0.29) is 5.75 Å². The van der Waals surface area contributed by atoms with Gasteiger partial charge in [-0.15, -0.1) is 0 Å². The van der Waals surface area contributed by atoms with Crippen LogP contribution in [0.1, 0.15) is 0 Å². The number of aromatic amines is 1. The Kier molecular flexibility index (Phi) is 1.84. The standard InChI is InChI=1S/C8H6F2N2O/c9-8(10)13-7-3-1-2-6-5(7)4-11-12-6/h1-4,8H,(H,11,12). The maximum Gasteiger partial charge on any atom is 0.387 e. The Labute approximate surface area is 72.3 Å². The number of nitrogens with zero attached hydrogens (tertiary/aromatic N) is 1. The van der Waals surface area contributed by atoms with E-state index in [0.717, 1.165) is 0 Å². The Morgan fingerprint density at radius 1 is 1.38 bits per heavy atom. The lowest BCUT2D eigenvalue weighted by Crippen LogP contribution is -2.01. The van der Waals surface area contributed by atoms with E-state index < -0.39 is 6.61 Å². The van der Waals surface area contributed by atoms with E-state index in [1.807, 2.05) is 0 Å². The van der Waals surface area contributed by atoms with Gasteiger partial charge in [0.15, 0.2) is 0 Å². The number of hydrogen-bond donors (Lipinski definition) is 1. The van der Waals surface area contributed by atoms with Crippen LogP contribution >= 0.6 is 0 Å². The van der Waals surface area contributed by atoms with E-state index in [0.29, 0.717) is 10.9 Å². The smallest absolute Gasteiger partial charge is 0.387 e. The molecule has 3 nitrogen and oxygen atoms in total. The summed E-state index contributed by atoms with van der Waals surface area (Å²) in [7, 11) is 0. The van der Waals surface area contributed by atoms with Gasteiger partial charge in [-0.3, -0.25) is 5.10 Å². The Hall–Kier alpha value is -1.65. The Morgan fingerprint density at radius 2 is 2.23 bits per heavy atom. The molecule has 1 aromatic heterocycles. The molecule has 0 bridgehead atoms. The molecule has 0 saturated carbocycles. The van der Waals surface area contributed by atoms with Crippen LogP contribution in [0.2, 0.25) is 0 Å². The van der Waals surface area contributed by atoms with E-state index in [1.165, 1.54) is 12.3 Å². The van der Waals surface area contributed by atoms with Crippen molar-refractivity contribution in [1.82, 2.24) is 10.2 Å². The summed E-state index contributed by atoms with van der Waals surface area (Å²) in [5, 5.41) is 6.94. The highest BCUT2D eigenvalue weighted by Gasteiger charge is 2.08. The van der Waals surface area contributed by atoms with Crippen LogP contribution in [-0.4, -0.2) is 16.8 Å². The van der Waals surface area contributed by atoms with Gasteiger partial charge in [-0.25, -0.2) is 0 Å². The molecular weight excluding hydrogens is 178 g/mol. The number of hydrogen-bond acceptors (Lipinski definition) is 2. The molecule has 5 heteroatoms. The van der Waals surface area contributed by atoms with Crippen LogP contribution < -0.4 is 4.74 Å². The molecule has 0 amide bonds. The summed E-state index contributed by atoms with van der Waals surface area (Å²) in [6, 6.07) is 4.84. The van der Waals surface area contributed by atoms with Crippen LogP contribution in [0.25, 0.3) is 10.9 Å². The second-order valence-corrected chi connectivity index (χ2v) is 2.47. The molecule has 0 saturated heterocycles. The maximum absolute atomic E-state index is 11.9. The van der Waals surface area contributed by atoms with E-state index >= 15 is 0 Å². The number of halogens is 2. The van der Waals surface area contributed by atoms with Crippen molar-refractivity contribution in [2.24, 2.45) is 0 Å². The van der Waals surface area contributed by atoms with Crippen LogP contribution in [0.15, 0.2) is 24.4 Å². The summed E-state index contributed by atoms with van der Waals surface area (Å²) in [5.41, 5.74) is 0.679. The number of fused-ring (bicyclic) bond motifs is 1. The van der Waals surface area contributed by atoms with Crippen LogP contribution in [0.4, 0.5) is 8.78 Å². The highest BCUT2D eigenvalue weighted by Crippen LogP contribution is 2.24. The number of nitrogens with one attached hydrogen (secondary N) is 1. The first kappa shape index (κ1) is 7.97. The van der Waals surface area contributed by atoms with Crippen LogP contribution in [0.5, 0.6) is 5.75 Å². The molecule has 1 aromatic carbocycles. The van der Waals surface area contributed by atoms with Gasteiger partial charge < -0.3 is 4.74 Å². The van der Waals surface area contributed by atoms with Crippen molar-refractivity contribution in [3.63, 3.8) is 0 Å². The Bertz CT molecular complexity index is 413. The lowest BCUT2D eigenvalue weighted by molar-refractivity contribution is -0.0487. The molecule has 0 aliphatic rings. The fourth-order valence-electron chi connectivity index (χ4n) is 1.14. The van der Waals surface area contributed by atoms with Crippen LogP contribution in [-0.2, 0) is 0 Å². The molecular formula is C8H6F2N2O. The topological polar surface area (TPSA) is 37.9 Å². The van der Waals surface area contributed by atoms with E-state index in [9.17, 15) is 8.78 Å². The minimum Gasteiger partial charge on any atom is -0.434 e. The van der Waals surface area contributed by atoms with Crippen LogP contribution in [0, 0.1) is 0 Å². The largest absolute Gasteiger partial charge is 0.434 e. The molecule has 1 N–H and O–H groups in total. The molecule has 0 unspecified atom stereocenters. The minimum atomic E-state index is -2.81. The molecule has 0 fully saturated rings.